The van der Waals surface area contributed by atoms with E-state index in [9.17, 15) is 4.79 Å². The number of hydrogen-bond donors (Lipinski definition) is 1. The van der Waals surface area contributed by atoms with Crippen molar-refractivity contribution in [2.24, 2.45) is 4.99 Å². The molecule has 1 N–H and O–H groups in total. The number of ether oxygens (including phenoxy) is 1. The van der Waals surface area contributed by atoms with E-state index in [1.165, 1.54) is 13.4 Å². The van der Waals surface area contributed by atoms with Crippen LogP contribution in [0.4, 0.5) is 5.82 Å². The molecule has 0 unspecified atom stereocenters. The Morgan fingerprint density at radius 1 is 1.57 bits per heavy atom. The molecule has 0 radical (unpaired) electrons. The Balaban J connectivity index is 2.43. The van der Waals surface area contributed by atoms with E-state index < -0.39 is 5.97 Å². The first-order valence-electron chi connectivity index (χ1n) is 3.91. The largest absolute Gasteiger partial charge is 0.481 e. The highest BCUT2D eigenvalue weighted by molar-refractivity contribution is 6.37. The highest BCUT2D eigenvalue weighted by atomic mass is 16.5. The molecule has 14 heavy (non-hydrogen) atoms. The van der Waals surface area contributed by atoms with Crippen LogP contribution in [0.15, 0.2) is 11.3 Å². The molecule has 0 atom stereocenters. The summed E-state index contributed by atoms with van der Waals surface area (Å²) in [6.45, 7) is 0. The Kier molecular flexibility index (Phi) is 1.88. The number of carbonyl (C=O) groups is 1. The fraction of sp³-hybridized carbons (Fsp3) is 0.250. The maximum Gasteiger partial charge on any atom is 0.350 e. The highest BCUT2D eigenvalue weighted by Gasteiger charge is 2.24. The van der Waals surface area contributed by atoms with Crippen LogP contribution in [0.5, 0.6) is 5.88 Å². The standard InChI is InChI=1S/C8H7N3O3/c1-14-7-4-2-5(8(12)13)11-6(4)9-3-10-7/h3H,2H2,1H3,(H,12,13). The fourth-order valence-corrected chi connectivity index (χ4v) is 1.27. The van der Waals surface area contributed by atoms with Crippen molar-refractivity contribution in [3.8, 4) is 5.88 Å². The van der Waals surface area contributed by atoms with Gasteiger partial charge in [-0.2, -0.15) is 0 Å². The van der Waals surface area contributed by atoms with Crippen molar-refractivity contribution in [3.63, 3.8) is 0 Å². The molecule has 0 saturated heterocycles. The van der Waals surface area contributed by atoms with Gasteiger partial charge in [0.05, 0.1) is 12.7 Å². The summed E-state index contributed by atoms with van der Waals surface area (Å²) in [5, 5.41) is 8.73. The van der Waals surface area contributed by atoms with Crippen LogP contribution in [0.25, 0.3) is 0 Å². The number of fused-ring (bicyclic) bond motifs is 1. The molecule has 0 bridgehead atoms. The molecular formula is C8H7N3O3. The summed E-state index contributed by atoms with van der Waals surface area (Å²) < 4.78 is 4.97. The summed E-state index contributed by atoms with van der Waals surface area (Å²) >= 11 is 0. The lowest BCUT2D eigenvalue weighted by molar-refractivity contribution is -0.129. The summed E-state index contributed by atoms with van der Waals surface area (Å²) in [4.78, 5) is 22.2. The minimum Gasteiger partial charge on any atom is -0.481 e. The average Bonchev–Trinajstić information content (AvgIpc) is 2.60. The molecule has 72 valence electrons. The van der Waals surface area contributed by atoms with Gasteiger partial charge < -0.3 is 9.84 Å². The zero-order valence-corrected chi connectivity index (χ0v) is 7.39. The van der Waals surface area contributed by atoms with Crippen molar-refractivity contribution < 1.29 is 14.6 Å². The first-order chi connectivity index (χ1) is 6.72. The monoisotopic (exact) mass is 193 g/mol. The third-order valence-electron chi connectivity index (χ3n) is 1.91. The van der Waals surface area contributed by atoms with E-state index in [-0.39, 0.29) is 12.1 Å². The van der Waals surface area contributed by atoms with Gasteiger partial charge in [0.15, 0.2) is 5.82 Å². The Morgan fingerprint density at radius 3 is 3.00 bits per heavy atom. The van der Waals surface area contributed by atoms with Crippen LogP contribution in [-0.2, 0) is 11.2 Å². The zero-order chi connectivity index (χ0) is 10.1. The van der Waals surface area contributed by atoms with Crippen LogP contribution in [0, 0.1) is 0 Å². The molecule has 0 fully saturated rings. The number of aliphatic imine (C=N–C) groups is 1. The molecule has 6 heteroatoms. The van der Waals surface area contributed by atoms with Crippen LogP contribution < -0.4 is 4.74 Å². The van der Waals surface area contributed by atoms with E-state index in [1.54, 1.807) is 0 Å². The molecule has 0 aliphatic carbocycles. The first-order valence-corrected chi connectivity index (χ1v) is 3.91. The molecule has 2 heterocycles. The molecule has 6 nitrogen and oxygen atoms in total. The van der Waals surface area contributed by atoms with Gasteiger partial charge in [-0.25, -0.2) is 19.8 Å². The van der Waals surface area contributed by atoms with Gasteiger partial charge in [-0.05, 0) is 0 Å². The van der Waals surface area contributed by atoms with Crippen LogP contribution >= 0.6 is 0 Å². The van der Waals surface area contributed by atoms with Gasteiger partial charge in [0.1, 0.15) is 12.0 Å². The highest BCUT2D eigenvalue weighted by Crippen LogP contribution is 2.29. The van der Waals surface area contributed by atoms with Crippen molar-refractivity contribution in [3.05, 3.63) is 11.9 Å². The van der Waals surface area contributed by atoms with Gasteiger partial charge >= 0.3 is 5.97 Å². The number of methoxy groups -OCH3 is 1. The second-order valence-corrected chi connectivity index (χ2v) is 2.73. The number of nitrogens with zero attached hydrogens (tertiary/aromatic N) is 3. The quantitative estimate of drug-likeness (QED) is 0.725. The van der Waals surface area contributed by atoms with Crippen molar-refractivity contribution >= 4 is 17.5 Å². The topological polar surface area (TPSA) is 84.7 Å². The number of aliphatic carboxylic acids is 1. The van der Waals surface area contributed by atoms with Crippen LogP contribution in [0.3, 0.4) is 0 Å². The predicted octanol–water partition coefficient (Wildman–Crippen LogP) is 0.198. The first kappa shape index (κ1) is 8.61. The molecule has 0 spiro atoms. The minimum atomic E-state index is -1.04. The van der Waals surface area contributed by atoms with Gasteiger partial charge in [0, 0.05) is 6.42 Å². The van der Waals surface area contributed by atoms with Gasteiger partial charge in [-0.3, -0.25) is 0 Å². The van der Waals surface area contributed by atoms with Crippen molar-refractivity contribution in [2.45, 2.75) is 6.42 Å². The second kappa shape index (κ2) is 3.06. The lowest BCUT2D eigenvalue weighted by Crippen LogP contribution is -2.12. The van der Waals surface area contributed by atoms with Crippen LogP contribution in [0.1, 0.15) is 5.56 Å². The molecule has 1 aliphatic rings. The SMILES string of the molecule is COc1ncnc2c1CC(C(=O)O)=N2. The van der Waals surface area contributed by atoms with Crippen LogP contribution in [-0.4, -0.2) is 33.9 Å². The minimum absolute atomic E-state index is 0.0683. The van der Waals surface area contributed by atoms with Gasteiger partial charge in [0.25, 0.3) is 0 Å². The zero-order valence-electron chi connectivity index (χ0n) is 7.39. The van der Waals surface area contributed by atoms with E-state index in [1.807, 2.05) is 0 Å². The van der Waals surface area contributed by atoms with Gasteiger partial charge in [-0.15, -0.1) is 0 Å². The maximum absolute atomic E-state index is 10.6. The Morgan fingerprint density at radius 2 is 2.36 bits per heavy atom. The molecular weight excluding hydrogens is 186 g/mol. The van der Waals surface area contributed by atoms with E-state index >= 15 is 0 Å². The van der Waals surface area contributed by atoms with E-state index in [0.29, 0.717) is 17.3 Å². The number of carboxylic acids is 1. The molecule has 0 aromatic carbocycles. The Bertz CT molecular complexity index is 428. The summed E-state index contributed by atoms with van der Waals surface area (Å²) in [6.07, 6.45) is 1.51. The van der Waals surface area contributed by atoms with Crippen molar-refractivity contribution in [1.29, 1.82) is 0 Å². The molecule has 0 saturated carbocycles. The number of rotatable bonds is 2. The molecule has 1 aromatic rings. The van der Waals surface area contributed by atoms with Crippen molar-refractivity contribution in [1.82, 2.24) is 9.97 Å². The Hall–Kier alpha value is -1.98. The molecule has 2 rings (SSSR count). The number of carboxylic acid groups (broad SMARTS) is 1. The lowest BCUT2D eigenvalue weighted by Gasteiger charge is -2.01. The van der Waals surface area contributed by atoms with Crippen LogP contribution in [0.2, 0.25) is 0 Å². The van der Waals surface area contributed by atoms with Gasteiger partial charge in [0.2, 0.25) is 5.88 Å². The van der Waals surface area contributed by atoms with E-state index in [4.69, 9.17) is 9.84 Å². The summed E-state index contributed by atoms with van der Waals surface area (Å²) in [7, 11) is 1.47. The third-order valence-corrected chi connectivity index (χ3v) is 1.91. The predicted molar refractivity (Wildman–Crippen MR) is 47.0 cm³/mol. The smallest absolute Gasteiger partial charge is 0.350 e. The van der Waals surface area contributed by atoms with Gasteiger partial charge in [-0.1, -0.05) is 0 Å². The average molecular weight is 193 g/mol. The lowest BCUT2D eigenvalue weighted by atomic mass is 10.2. The fourth-order valence-electron chi connectivity index (χ4n) is 1.27. The number of hydrogen-bond acceptors (Lipinski definition) is 5. The molecule has 1 aliphatic heterocycles. The summed E-state index contributed by atoms with van der Waals surface area (Å²) in [5.41, 5.74) is 0.700. The van der Waals surface area contributed by atoms with Crippen molar-refractivity contribution in [2.75, 3.05) is 7.11 Å². The second-order valence-electron chi connectivity index (χ2n) is 2.73. The number of aromatic nitrogens is 2. The normalized spacial score (nSPS) is 13.4. The maximum atomic E-state index is 10.6. The summed E-state index contributed by atoms with van der Waals surface area (Å²) in [5.74, 6) is -0.269. The summed E-state index contributed by atoms with van der Waals surface area (Å²) in [6, 6.07) is 0. The molecule has 1 aromatic heterocycles. The third kappa shape index (κ3) is 1.20. The molecule has 0 amide bonds. The van der Waals surface area contributed by atoms with E-state index in [0.717, 1.165) is 0 Å². The Labute approximate surface area is 79.3 Å². The van der Waals surface area contributed by atoms with E-state index in [2.05, 4.69) is 15.0 Å².